The molecule has 16 aromatic rings. The average Bonchev–Trinajstić information content (AvgIpc) is 1.63. The second kappa shape index (κ2) is 43.7. The Morgan fingerprint density at radius 3 is 0.893 bits per heavy atom. The van der Waals surface area contributed by atoms with Gasteiger partial charge in [0.25, 0.3) is 0 Å². The van der Waals surface area contributed by atoms with Gasteiger partial charge in [-0.2, -0.15) is 13.2 Å². The van der Waals surface area contributed by atoms with Crippen molar-refractivity contribution in [1.29, 1.82) is 0 Å². The van der Waals surface area contributed by atoms with Crippen molar-refractivity contribution in [3.63, 3.8) is 0 Å². The van der Waals surface area contributed by atoms with Crippen LogP contribution < -0.4 is 18.9 Å². The topological polar surface area (TPSA) is 199 Å². The largest absolute Gasteiger partial charge is 0.508 e. The van der Waals surface area contributed by atoms with Gasteiger partial charge >= 0.3 is 6.18 Å². The van der Waals surface area contributed by atoms with Crippen LogP contribution in [0.2, 0.25) is 0 Å². The minimum Gasteiger partial charge on any atom is -0.508 e. The minimum absolute atomic E-state index is 0.0461. The van der Waals surface area contributed by atoms with Gasteiger partial charge in [0.05, 0.1) is 5.56 Å². The monoisotopic (exact) mass is 1980 g/mol. The Morgan fingerprint density at radius 2 is 0.607 bits per heavy atom. The number of halogens is 9. The molecular formula is C111H97F9N4O12S4. The number of hydrogen-bond donors (Lipinski definition) is 4. The van der Waals surface area contributed by atoms with Gasteiger partial charge in [0.2, 0.25) is 42.4 Å². The molecule has 29 heteroatoms. The molecule has 20 rings (SSSR count). The first-order chi connectivity index (χ1) is 67.4. The molecule has 12 aromatic carbocycles. The maximum atomic E-state index is 13.5. The molecule has 0 unspecified atom stereocenters. The van der Waals surface area contributed by atoms with E-state index in [4.69, 9.17) is 18.9 Å². The smallest absolute Gasteiger partial charge is 0.416 e. The Balaban J connectivity index is 0.000000129. The second-order valence-electron chi connectivity index (χ2n) is 35.6. The first-order valence-corrected chi connectivity index (χ1v) is 49.0. The van der Waals surface area contributed by atoms with Crippen molar-refractivity contribution in [3.8, 4) is 69.0 Å². The zero-order chi connectivity index (χ0) is 98.2. The molecule has 4 aromatic heterocycles. The lowest BCUT2D eigenvalue weighted by Crippen LogP contribution is -2.50. The van der Waals surface area contributed by atoms with E-state index in [0.29, 0.717) is 127 Å². The van der Waals surface area contributed by atoms with Crippen LogP contribution in [-0.4, -0.2) is 161 Å². The van der Waals surface area contributed by atoms with E-state index in [0.717, 1.165) is 152 Å². The number of carbonyl (C=O) groups is 4. The normalized spacial score (nSPS) is 14.5. The van der Waals surface area contributed by atoms with Crippen LogP contribution in [0.1, 0.15) is 107 Å². The predicted molar refractivity (Wildman–Crippen MR) is 532 cm³/mol. The summed E-state index contributed by atoms with van der Waals surface area (Å²) in [7, 11) is 0. The van der Waals surface area contributed by atoms with E-state index in [-0.39, 0.29) is 50.8 Å². The molecule has 8 heterocycles. The summed E-state index contributed by atoms with van der Waals surface area (Å²) in [5.41, 5.74) is 7.48. The molecule has 4 aliphatic rings. The highest BCUT2D eigenvalue weighted by molar-refractivity contribution is 7.22. The van der Waals surface area contributed by atoms with Gasteiger partial charge in [0.15, 0.2) is 23.0 Å². The maximum absolute atomic E-state index is 13.5. The van der Waals surface area contributed by atoms with Crippen LogP contribution in [0.25, 0.3) is 40.3 Å². The van der Waals surface area contributed by atoms with Gasteiger partial charge in [-0.05, 0) is 207 Å². The highest BCUT2D eigenvalue weighted by Crippen LogP contribution is 2.49. The van der Waals surface area contributed by atoms with Gasteiger partial charge < -0.3 is 59.0 Å². The number of phenols is 4. The zero-order valence-corrected chi connectivity index (χ0v) is 79.5. The van der Waals surface area contributed by atoms with Gasteiger partial charge in [0.1, 0.15) is 65.5 Å². The quantitative estimate of drug-likeness (QED) is 0.0236. The number of rotatable bonds is 31. The number of carbonyl (C=O) groups excluding carboxylic acids is 4. The molecule has 16 nitrogen and oxygen atoms in total. The Morgan fingerprint density at radius 1 is 0.336 bits per heavy atom. The van der Waals surface area contributed by atoms with E-state index in [1.807, 2.05) is 174 Å². The number of ketones is 4. The van der Waals surface area contributed by atoms with Crippen molar-refractivity contribution >= 4 is 109 Å². The second-order valence-corrected chi connectivity index (χ2v) is 39.8. The summed E-state index contributed by atoms with van der Waals surface area (Å²) in [4.78, 5) is 63.6. The summed E-state index contributed by atoms with van der Waals surface area (Å²) in [6.07, 6.45) is -7.93. The number of phenolic OH excluding ortho intramolecular Hbond substituents is 4. The third kappa shape index (κ3) is 23.7. The van der Waals surface area contributed by atoms with Crippen LogP contribution in [0.4, 0.5) is 39.5 Å². The molecular weight excluding hydrogens is 1880 g/mol. The lowest BCUT2D eigenvalue weighted by atomic mass is 10.00. The number of ether oxygens (including phenoxy) is 4. The molecule has 0 radical (unpaired) electrons. The fourth-order valence-electron chi connectivity index (χ4n) is 17.1. The van der Waals surface area contributed by atoms with Crippen LogP contribution in [0.3, 0.4) is 0 Å². The number of aromatic hydroxyl groups is 4. The molecule has 140 heavy (non-hydrogen) atoms. The van der Waals surface area contributed by atoms with Gasteiger partial charge in [0, 0.05) is 159 Å². The summed E-state index contributed by atoms with van der Waals surface area (Å²) in [5.74, 6) is 2.98. The average molecular weight is 1980 g/mol. The summed E-state index contributed by atoms with van der Waals surface area (Å²) in [6.45, 7) is 14.4. The van der Waals surface area contributed by atoms with Crippen LogP contribution >= 0.6 is 45.3 Å². The van der Waals surface area contributed by atoms with Gasteiger partial charge in [-0.15, -0.1) is 45.3 Å². The van der Waals surface area contributed by atoms with Crippen LogP contribution in [0.15, 0.2) is 273 Å². The molecule has 4 saturated heterocycles. The van der Waals surface area contributed by atoms with Crippen molar-refractivity contribution in [2.45, 2.75) is 71.9 Å². The maximum Gasteiger partial charge on any atom is 0.416 e. The van der Waals surface area contributed by atoms with Crippen molar-refractivity contribution in [2.75, 3.05) is 78.5 Å². The number of likely N-dealkylation sites (tertiary alicyclic amines) is 4. The lowest BCUT2D eigenvalue weighted by molar-refractivity contribution is -0.137. The first kappa shape index (κ1) is 98.4. The number of thiophene rings is 4. The molecule has 0 aliphatic carbocycles. The van der Waals surface area contributed by atoms with Crippen LogP contribution in [-0.2, 0) is 31.9 Å². The molecule has 0 amide bonds. The summed E-state index contributed by atoms with van der Waals surface area (Å²) < 4.78 is 143. The van der Waals surface area contributed by atoms with Crippen molar-refractivity contribution < 1.29 is 98.1 Å². The molecule has 720 valence electrons. The highest BCUT2D eigenvalue weighted by Gasteiger charge is 2.38. The van der Waals surface area contributed by atoms with Crippen LogP contribution in [0.5, 0.6) is 69.0 Å². The van der Waals surface area contributed by atoms with Gasteiger partial charge in [-0.1, -0.05) is 152 Å². The Hall–Kier alpha value is -13.2. The summed E-state index contributed by atoms with van der Waals surface area (Å²) in [6, 6.07) is 78.3. The Kier molecular flexibility index (Phi) is 30.7. The summed E-state index contributed by atoms with van der Waals surface area (Å²) >= 11 is 5.02. The van der Waals surface area contributed by atoms with Gasteiger partial charge in [-0.25, -0.2) is 26.3 Å². The number of alkyl halides is 9. The zero-order valence-electron chi connectivity index (χ0n) is 76.2. The molecule has 4 N–H and O–H groups in total. The number of fused-ring (bicyclic) bond motifs is 4. The van der Waals surface area contributed by atoms with E-state index in [1.165, 1.54) is 63.8 Å². The fourth-order valence-corrected chi connectivity index (χ4v) is 21.6. The van der Waals surface area contributed by atoms with E-state index in [2.05, 4.69) is 11.8 Å². The number of nitrogens with zero attached hydrogens (tertiary/aromatic N) is 4. The lowest BCUT2D eigenvalue weighted by Gasteiger charge is -2.38. The third-order valence-electron chi connectivity index (χ3n) is 25.2. The number of hydrogen-bond acceptors (Lipinski definition) is 20. The molecule has 0 atom stereocenters. The first-order valence-electron chi connectivity index (χ1n) is 45.8. The molecule has 0 saturated carbocycles. The molecule has 4 fully saturated rings. The number of benzene rings is 12. The minimum atomic E-state index is -4.48. The van der Waals surface area contributed by atoms with E-state index in [1.54, 1.807) is 91.0 Å². The van der Waals surface area contributed by atoms with Crippen molar-refractivity contribution in [1.82, 2.24) is 19.6 Å². The van der Waals surface area contributed by atoms with Gasteiger partial charge in [-0.3, -0.25) is 19.2 Å². The van der Waals surface area contributed by atoms with E-state index >= 15 is 0 Å². The SMILES string of the molecule is CC1CN(CCc2ccc(Oc3c(C(=O)c4ccc(C(F)(F)F)cc4)sc4cc(O)ccc34)cc2)C1.Cc1ccc(C(=O)c2sc3cc(O)ccc3c2Oc2ccc(CCN3CC(C(F)F)C3)cc2)cc1.Cc1ccccc1C(=O)c1sc2cc(O)ccc2c1Oc1ccc(CCN2CC(C(F)F)C2)cc1.O=C(c1ccccc1)c1sc2cc(O)ccc2c1Oc1ccc(CCN2CC(C(F)F)C2)cc1. The van der Waals surface area contributed by atoms with Crippen molar-refractivity contribution in [2.24, 2.45) is 23.7 Å². The summed E-state index contributed by atoms with van der Waals surface area (Å²) in [5, 5.41) is 42.6. The number of aryl methyl sites for hydroxylation is 2. The molecule has 0 spiro atoms. The standard InChI is InChI=1S/C28H24F3NO3S.2C28H25F2NO3S.C27H23F2NO3S/c1-17-15-32(16-17)13-12-18-2-9-22(10-3-18)35-26-23-11-8-21(33)14-24(23)36-27(26)25(34)19-4-6-20(7-5-19)28(29,30)31;1-17-2-6-19(7-3-17)25(33)27-26(23-11-8-21(32)14-24(23)35-27)34-22-9-4-18(5-10-22)12-13-31-15-20(16-31)28(29)30;1-17-4-2-3-5-22(17)25(33)27-26(23-11-8-20(32)14-24(23)35-27)34-21-9-6-18(7-10-21)12-13-31-15-19(16-31)28(29)30;28-27(29)19-15-30(16-19)13-12-17-6-9-21(10-7-17)33-25-22-11-8-20(31)14-23(22)34-26(25)24(32)18-4-2-1-3-5-18/h2-11,14,17,33H,12-13,15-16H2,1H3;2-11,14,20,28,32H,12-13,15-16H2,1H3;2-11,14,19,28,32H,12-13,15-16H2,1H3;1-11,14,19,27,31H,12-13,15-16H2. The van der Waals surface area contributed by atoms with Crippen molar-refractivity contribution in [3.05, 3.63) is 354 Å². The van der Waals surface area contributed by atoms with E-state index < -0.39 is 54.6 Å². The molecule has 4 aliphatic heterocycles. The van der Waals surface area contributed by atoms with Crippen LogP contribution in [0, 0.1) is 37.5 Å². The molecule has 0 bridgehead atoms. The Bertz CT molecular complexity index is 7080. The Labute approximate surface area is 817 Å². The fraction of sp³-hybridized carbons (Fsp3) is 0.243. The third-order valence-corrected chi connectivity index (χ3v) is 29.7. The highest BCUT2D eigenvalue weighted by atomic mass is 32.1. The predicted octanol–water partition coefficient (Wildman–Crippen LogP) is 26.9. The van der Waals surface area contributed by atoms with E-state index in [9.17, 15) is 79.1 Å².